The molecule has 36 heavy (non-hydrogen) atoms. The average molecular weight is 507 g/mol. The first-order chi connectivity index (χ1) is 17.7. The number of hydrogen-bond acceptors (Lipinski definition) is 8. The van der Waals surface area contributed by atoms with Crippen molar-refractivity contribution in [3.63, 3.8) is 0 Å². The number of benzene rings is 2. The summed E-state index contributed by atoms with van der Waals surface area (Å²) >= 11 is 0. The Morgan fingerprint density at radius 3 is 0.806 bits per heavy atom. The van der Waals surface area contributed by atoms with E-state index in [1.165, 1.54) is 11.1 Å². The minimum Gasteiger partial charge on any atom is -0.491 e. The predicted molar refractivity (Wildman–Crippen MR) is 138 cm³/mol. The van der Waals surface area contributed by atoms with Crippen molar-refractivity contribution in [2.45, 2.75) is 13.8 Å². The van der Waals surface area contributed by atoms with Crippen LogP contribution in [0.5, 0.6) is 11.5 Å². The molecule has 2 aromatic rings. The van der Waals surface area contributed by atoms with E-state index in [1.54, 1.807) is 0 Å². The van der Waals surface area contributed by atoms with Crippen molar-refractivity contribution in [1.29, 1.82) is 0 Å². The monoisotopic (exact) mass is 506 g/mol. The molecule has 0 atom stereocenters. The Balaban J connectivity index is 1.21. The Morgan fingerprint density at radius 1 is 0.333 bits per heavy atom. The van der Waals surface area contributed by atoms with Crippen LogP contribution < -0.4 is 9.47 Å². The van der Waals surface area contributed by atoms with E-state index < -0.39 is 0 Å². The third kappa shape index (κ3) is 16.5. The van der Waals surface area contributed by atoms with Crippen molar-refractivity contribution < 1.29 is 37.9 Å². The smallest absolute Gasteiger partial charge is 0.119 e. The standard InChI is InChI=1S/C28H42O8/c1-25-3-7-27(8-4-25)35-23-21-33-19-17-31-15-13-29-11-12-30-14-16-32-18-20-34-22-24-36-28-9-5-26(2)6-10-28/h3-10H,11-24H2,1-2H3. The van der Waals surface area contributed by atoms with Crippen molar-refractivity contribution in [2.24, 2.45) is 0 Å². The van der Waals surface area contributed by atoms with E-state index in [4.69, 9.17) is 37.9 Å². The molecule has 0 spiro atoms. The second-order valence-corrected chi connectivity index (χ2v) is 8.00. The van der Waals surface area contributed by atoms with Crippen LogP contribution in [0.3, 0.4) is 0 Å². The first-order valence-corrected chi connectivity index (χ1v) is 12.6. The van der Waals surface area contributed by atoms with E-state index in [9.17, 15) is 0 Å². The normalized spacial score (nSPS) is 11.1. The average Bonchev–Trinajstić information content (AvgIpc) is 2.89. The maximum Gasteiger partial charge on any atom is 0.119 e. The van der Waals surface area contributed by atoms with Crippen LogP contribution in [0.1, 0.15) is 11.1 Å². The van der Waals surface area contributed by atoms with Crippen LogP contribution in [-0.2, 0) is 28.4 Å². The van der Waals surface area contributed by atoms with Crippen molar-refractivity contribution in [2.75, 3.05) is 92.5 Å². The highest BCUT2D eigenvalue weighted by Crippen LogP contribution is 2.11. The summed E-state index contributed by atoms with van der Waals surface area (Å²) in [7, 11) is 0. The van der Waals surface area contributed by atoms with Crippen LogP contribution in [0.15, 0.2) is 48.5 Å². The molecule has 0 aliphatic carbocycles. The summed E-state index contributed by atoms with van der Waals surface area (Å²) in [6.45, 7) is 11.5. The van der Waals surface area contributed by atoms with E-state index >= 15 is 0 Å². The highest BCUT2D eigenvalue weighted by Gasteiger charge is 1.97. The summed E-state index contributed by atoms with van der Waals surface area (Å²) in [5.41, 5.74) is 2.43. The number of hydrogen-bond donors (Lipinski definition) is 0. The van der Waals surface area contributed by atoms with Gasteiger partial charge in [-0.15, -0.1) is 0 Å². The molecule has 0 saturated heterocycles. The summed E-state index contributed by atoms with van der Waals surface area (Å²) in [4.78, 5) is 0. The lowest BCUT2D eigenvalue weighted by Crippen LogP contribution is -2.15. The molecule has 0 N–H and O–H groups in total. The van der Waals surface area contributed by atoms with E-state index in [2.05, 4.69) is 0 Å². The van der Waals surface area contributed by atoms with Crippen LogP contribution in [0.2, 0.25) is 0 Å². The molecule has 0 fully saturated rings. The summed E-state index contributed by atoms with van der Waals surface area (Å²) in [6, 6.07) is 15.9. The first kappa shape index (κ1) is 30.0. The molecule has 0 aliphatic heterocycles. The van der Waals surface area contributed by atoms with Crippen molar-refractivity contribution in [3.8, 4) is 11.5 Å². The molecule has 202 valence electrons. The largest absolute Gasteiger partial charge is 0.491 e. The predicted octanol–water partition coefficient (Wildman–Crippen LogP) is 3.86. The minimum absolute atomic E-state index is 0.523. The van der Waals surface area contributed by atoms with Gasteiger partial charge in [-0.3, -0.25) is 0 Å². The van der Waals surface area contributed by atoms with Crippen LogP contribution >= 0.6 is 0 Å². The summed E-state index contributed by atoms with van der Waals surface area (Å²) in [5.74, 6) is 1.71. The van der Waals surface area contributed by atoms with Gasteiger partial charge in [-0.05, 0) is 38.1 Å². The summed E-state index contributed by atoms with van der Waals surface area (Å²) in [6.07, 6.45) is 0. The van der Waals surface area contributed by atoms with Crippen LogP contribution in [0.25, 0.3) is 0 Å². The maximum atomic E-state index is 5.60. The van der Waals surface area contributed by atoms with Gasteiger partial charge in [0.2, 0.25) is 0 Å². The van der Waals surface area contributed by atoms with Gasteiger partial charge in [-0.1, -0.05) is 35.4 Å². The molecular weight excluding hydrogens is 464 g/mol. The second-order valence-electron chi connectivity index (χ2n) is 8.00. The Hall–Kier alpha value is -2.20. The topological polar surface area (TPSA) is 73.8 Å². The lowest BCUT2D eigenvalue weighted by molar-refractivity contribution is -0.0187. The van der Waals surface area contributed by atoms with E-state index in [0.717, 1.165) is 11.5 Å². The van der Waals surface area contributed by atoms with Gasteiger partial charge in [0.25, 0.3) is 0 Å². The highest BCUT2D eigenvalue weighted by atomic mass is 16.6. The van der Waals surface area contributed by atoms with E-state index in [1.807, 2.05) is 62.4 Å². The van der Waals surface area contributed by atoms with Gasteiger partial charge in [-0.25, -0.2) is 0 Å². The molecular formula is C28H42O8. The number of aryl methyl sites for hydroxylation is 2. The molecule has 8 nitrogen and oxygen atoms in total. The molecule has 0 bridgehead atoms. The second kappa shape index (κ2) is 20.9. The lowest BCUT2D eigenvalue weighted by atomic mass is 10.2. The Labute approximate surface area is 215 Å². The molecule has 2 rings (SSSR count). The van der Waals surface area contributed by atoms with Crippen molar-refractivity contribution >= 4 is 0 Å². The lowest BCUT2D eigenvalue weighted by Gasteiger charge is -2.09. The fourth-order valence-corrected chi connectivity index (χ4v) is 2.91. The van der Waals surface area contributed by atoms with Crippen LogP contribution in [0, 0.1) is 13.8 Å². The van der Waals surface area contributed by atoms with Gasteiger partial charge < -0.3 is 37.9 Å². The zero-order chi connectivity index (χ0) is 25.5. The Morgan fingerprint density at radius 2 is 0.556 bits per heavy atom. The van der Waals surface area contributed by atoms with Gasteiger partial charge in [0.15, 0.2) is 0 Å². The SMILES string of the molecule is Cc1ccc(OCCOCCOCCOCCOCCOCCOCCOc2ccc(C)cc2)cc1. The molecule has 0 radical (unpaired) electrons. The molecule has 0 amide bonds. The summed E-state index contributed by atoms with van der Waals surface area (Å²) in [5, 5.41) is 0. The molecule has 0 aliphatic rings. The number of rotatable bonds is 23. The van der Waals surface area contributed by atoms with Crippen molar-refractivity contribution in [3.05, 3.63) is 59.7 Å². The van der Waals surface area contributed by atoms with Gasteiger partial charge >= 0.3 is 0 Å². The zero-order valence-electron chi connectivity index (χ0n) is 21.8. The molecule has 8 heteroatoms. The molecule has 0 heterocycles. The zero-order valence-corrected chi connectivity index (χ0v) is 21.8. The fourth-order valence-electron chi connectivity index (χ4n) is 2.91. The van der Waals surface area contributed by atoms with E-state index in [-0.39, 0.29) is 0 Å². The van der Waals surface area contributed by atoms with Gasteiger partial charge in [-0.2, -0.15) is 0 Å². The maximum absolute atomic E-state index is 5.60. The Bertz CT molecular complexity index is 686. The molecule has 0 saturated carbocycles. The van der Waals surface area contributed by atoms with Crippen molar-refractivity contribution in [1.82, 2.24) is 0 Å². The van der Waals surface area contributed by atoms with Crippen LogP contribution in [0.4, 0.5) is 0 Å². The third-order valence-electron chi connectivity index (χ3n) is 4.89. The Kier molecular flexibility index (Phi) is 17.5. The molecule has 0 unspecified atom stereocenters. The minimum atomic E-state index is 0.523. The first-order valence-electron chi connectivity index (χ1n) is 12.6. The quantitative estimate of drug-likeness (QED) is 0.210. The molecule has 0 aromatic heterocycles. The fraction of sp³-hybridized carbons (Fsp3) is 0.571. The number of ether oxygens (including phenoxy) is 8. The highest BCUT2D eigenvalue weighted by molar-refractivity contribution is 5.26. The van der Waals surface area contributed by atoms with Gasteiger partial charge in [0.1, 0.15) is 24.7 Å². The summed E-state index contributed by atoms with van der Waals surface area (Å²) < 4.78 is 44.1. The molecule has 2 aromatic carbocycles. The van der Waals surface area contributed by atoms with Gasteiger partial charge in [0.05, 0.1) is 79.3 Å². The van der Waals surface area contributed by atoms with E-state index in [0.29, 0.717) is 92.5 Å². The third-order valence-corrected chi connectivity index (χ3v) is 4.89. The van der Waals surface area contributed by atoms with Crippen LogP contribution in [-0.4, -0.2) is 92.5 Å². The van der Waals surface area contributed by atoms with Gasteiger partial charge in [0, 0.05) is 0 Å².